The van der Waals surface area contributed by atoms with Gasteiger partial charge in [0, 0.05) is 31.9 Å². The number of nitrogens with zero attached hydrogens (tertiary/aromatic N) is 2. The number of hydrogen-bond acceptors (Lipinski definition) is 3. The van der Waals surface area contributed by atoms with E-state index in [0.717, 1.165) is 36.1 Å². The molecule has 0 unspecified atom stereocenters. The maximum atomic E-state index is 12.9. The second-order valence-corrected chi connectivity index (χ2v) is 7.17. The third kappa shape index (κ3) is 4.06. The Kier molecular flexibility index (Phi) is 6.40. The molecule has 1 aromatic rings. The van der Waals surface area contributed by atoms with Crippen LogP contribution in [0, 0.1) is 5.41 Å². The Morgan fingerprint density at radius 1 is 1.08 bits per heavy atom. The van der Waals surface area contributed by atoms with E-state index in [2.05, 4.69) is 5.32 Å². The second kappa shape index (κ2) is 8.34. The Balaban J connectivity index is 2.15. The van der Waals surface area contributed by atoms with Crippen LogP contribution >= 0.6 is 0 Å². The summed E-state index contributed by atoms with van der Waals surface area (Å²) in [5.74, 6) is -0.497. The van der Waals surface area contributed by atoms with Crippen LogP contribution in [0.4, 0.5) is 5.69 Å². The van der Waals surface area contributed by atoms with Crippen LogP contribution in [0.15, 0.2) is 18.2 Å². The molecule has 0 aromatic heterocycles. The molecule has 1 N–H and O–H groups in total. The number of benzene rings is 1. The molecule has 1 aliphatic heterocycles. The highest BCUT2D eigenvalue weighted by Gasteiger charge is 2.40. The number of piperazine rings is 1. The molecular formula is C20H29N3O3. The van der Waals surface area contributed by atoms with Crippen LogP contribution in [0.2, 0.25) is 0 Å². The predicted molar refractivity (Wildman–Crippen MR) is 102 cm³/mol. The third-order valence-corrected chi connectivity index (χ3v) is 5.09. The molecule has 142 valence electrons. The van der Waals surface area contributed by atoms with Crippen molar-refractivity contribution < 1.29 is 14.4 Å². The third-order valence-electron chi connectivity index (χ3n) is 5.09. The molecule has 1 aromatic carbocycles. The van der Waals surface area contributed by atoms with Crippen LogP contribution in [0.5, 0.6) is 0 Å². The monoisotopic (exact) mass is 359 g/mol. The Labute approximate surface area is 155 Å². The molecule has 1 fully saturated rings. The van der Waals surface area contributed by atoms with Crippen LogP contribution in [0.1, 0.15) is 38.8 Å². The van der Waals surface area contributed by atoms with Crippen molar-refractivity contribution in [2.75, 3.05) is 31.5 Å². The van der Waals surface area contributed by atoms with Crippen molar-refractivity contribution in [3.05, 3.63) is 29.3 Å². The van der Waals surface area contributed by atoms with Gasteiger partial charge in [0.25, 0.3) is 0 Å². The topological polar surface area (TPSA) is 69.7 Å². The van der Waals surface area contributed by atoms with Crippen LogP contribution in [-0.2, 0) is 27.2 Å². The lowest BCUT2D eigenvalue weighted by atomic mass is 9.89. The summed E-state index contributed by atoms with van der Waals surface area (Å²) in [6, 6.07) is 6.00. The zero-order valence-electron chi connectivity index (χ0n) is 16.2. The number of para-hydroxylation sites is 1. The first-order chi connectivity index (χ1) is 12.3. The highest BCUT2D eigenvalue weighted by atomic mass is 16.2. The van der Waals surface area contributed by atoms with Crippen molar-refractivity contribution >= 4 is 23.9 Å². The van der Waals surface area contributed by atoms with Crippen molar-refractivity contribution in [3.63, 3.8) is 0 Å². The number of amides is 3. The summed E-state index contributed by atoms with van der Waals surface area (Å²) in [7, 11) is 0. The van der Waals surface area contributed by atoms with Gasteiger partial charge in [-0.05, 0) is 37.8 Å². The summed E-state index contributed by atoms with van der Waals surface area (Å²) in [6.45, 7) is 9.35. The molecule has 0 bridgehead atoms. The van der Waals surface area contributed by atoms with Gasteiger partial charge in [-0.3, -0.25) is 14.4 Å². The first-order valence-corrected chi connectivity index (χ1v) is 9.26. The molecule has 1 saturated heterocycles. The summed E-state index contributed by atoms with van der Waals surface area (Å²) in [6.07, 6.45) is 2.42. The molecule has 6 heteroatoms. The van der Waals surface area contributed by atoms with Crippen molar-refractivity contribution in [1.82, 2.24) is 9.80 Å². The first kappa shape index (κ1) is 19.9. The lowest BCUT2D eigenvalue weighted by Gasteiger charge is -2.36. The van der Waals surface area contributed by atoms with Gasteiger partial charge < -0.3 is 15.1 Å². The largest absolute Gasteiger partial charge is 0.342 e. The van der Waals surface area contributed by atoms with E-state index in [1.165, 1.54) is 0 Å². The number of aryl methyl sites for hydroxylation is 2. The van der Waals surface area contributed by atoms with Crippen molar-refractivity contribution in [3.8, 4) is 0 Å². The van der Waals surface area contributed by atoms with E-state index < -0.39 is 5.41 Å². The molecule has 2 rings (SSSR count). The summed E-state index contributed by atoms with van der Waals surface area (Å²) in [5.41, 5.74) is 1.80. The highest BCUT2D eigenvalue weighted by molar-refractivity contribution is 6.10. The van der Waals surface area contributed by atoms with Crippen LogP contribution < -0.4 is 5.32 Å². The van der Waals surface area contributed by atoms with Crippen molar-refractivity contribution in [1.29, 1.82) is 0 Å². The Morgan fingerprint density at radius 2 is 1.62 bits per heavy atom. The summed E-state index contributed by atoms with van der Waals surface area (Å²) in [4.78, 5) is 40.0. The zero-order valence-corrected chi connectivity index (χ0v) is 16.2. The number of nitrogens with one attached hydrogen (secondary N) is 1. The Morgan fingerprint density at radius 3 is 2.08 bits per heavy atom. The minimum absolute atomic E-state index is 0.201. The van der Waals surface area contributed by atoms with E-state index in [4.69, 9.17) is 0 Å². The molecule has 6 nitrogen and oxygen atoms in total. The molecule has 3 amide bonds. The minimum Gasteiger partial charge on any atom is -0.342 e. The van der Waals surface area contributed by atoms with E-state index >= 15 is 0 Å². The van der Waals surface area contributed by atoms with E-state index in [1.54, 1.807) is 23.6 Å². The van der Waals surface area contributed by atoms with E-state index in [0.29, 0.717) is 26.2 Å². The molecule has 1 heterocycles. The van der Waals surface area contributed by atoms with Crippen LogP contribution in [0.3, 0.4) is 0 Å². The number of hydrogen-bond donors (Lipinski definition) is 1. The smallest absolute Gasteiger partial charge is 0.239 e. The lowest BCUT2D eigenvalue weighted by Crippen LogP contribution is -2.54. The van der Waals surface area contributed by atoms with Gasteiger partial charge in [0.15, 0.2) is 0 Å². The normalized spacial score (nSPS) is 14.9. The van der Waals surface area contributed by atoms with Crippen LogP contribution in [-0.4, -0.2) is 54.2 Å². The van der Waals surface area contributed by atoms with E-state index in [-0.39, 0.29) is 11.8 Å². The van der Waals surface area contributed by atoms with Gasteiger partial charge >= 0.3 is 0 Å². The molecule has 0 saturated carbocycles. The zero-order chi connectivity index (χ0) is 19.3. The minimum atomic E-state index is -1.17. The predicted octanol–water partition coefficient (Wildman–Crippen LogP) is 2.08. The Bertz CT molecular complexity index is 655. The summed E-state index contributed by atoms with van der Waals surface area (Å²) in [5, 5.41) is 3.01. The SMILES string of the molecule is CCc1cccc(CC)c1NC(=O)C(C)(C)C(=O)N1CCN(C=O)CC1. The highest BCUT2D eigenvalue weighted by Crippen LogP contribution is 2.27. The average Bonchev–Trinajstić information content (AvgIpc) is 2.67. The molecular weight excluding hydrogens is 330 g/mol. The number of carbonyl (C=O) groups is 3. The average molecular weight is 359 g/mol. The van der Waals surface area contributed by atoms with Gasteiger partial charge in [-0.2, -0.15) is 0 Å². The van der Waals surface area contributed by atoms with Crippen LogP contribution in [0.25, 0.3) is 0 Å². The molecule has 0 aliphatic carbocycles. The van der Waals surface area contributed by atoms with Gasteiger partial charge in [-0.1, -0.05) is 32.0 Å². The molecule has 0 spiro atoms. The molecule has 0 radical (unpaired) electrons. The van der Waals surface area contributed by atoms with Gasteiger partial charge in [-0.25, -0.2) is 0 Å². The fourth-order valence-electron chi connectivity index (χ4n) is 3.20. The van der Waals surface area contributed by atoms with Gasteiger partial charge in [0.2, 0.25) is 18.2 Å². The number of carbonyl (C=O) groups excluding carboxylic acids is 3. The van der Waals surface area contributed by atoms with E-state index in [9.17, 15) is 14.4 Å². The number of anilines is 1. The van der Waals surface area contributed by atoms with Gasteiger partial charge in [0.05, 0.1) is 0 Å². The lowest BCUT2D eigenvalue weighted by molar-refractivity contribution is -0.148. The molecule has 26 heavy (non-hydrogen) atoms. The van der Waals surface area contributed by atoms with Gasteiger partial charge in [0.1, 0.15) is 5.41 Å². The Hall–Kier alpha value is -2.37. The van der Waals surface area contributed by atoms with Gasteiger partial charge in [-0.15, -0.1) is 0 Å². The quantitative estimate of drug-likeness (QED) is 0.624. The standard InChI is InChI=1S/C20H29N3O3/c1-5-15-8-7-9-16(6-2)17(15)21-18(25)20(3,4)19(26)23-12-10-22(14-24)11-13-23/h7-9,14H,5-6,10-13H2,1-4H3,(H,21,25). The summed E-state index contributed by atoms with van der Waals surface area (Å²) < 4.78 is 0. The molecule has 0 atom stereocenters. The van der Waals surface area contributed by atoms with Crippen molar-refractivity contribution in [2.24, 2.45) is 5.41 Å². The fraction of sp³-hybridized carbons (Fsp3) is 0.550. The second-order valence-electron chi connectivity index (χ2n) is 7.17. The first-order valence-electron chi connectivity index (χ1n) is 9.26. The van der Waals surface area contributed by atoms with E-state index in [1.807, 2.05) is 32.0 Å². The number of rotatable bonds is 6. The maximum absolute atomic E-state index is 12.9. The summed E-state index contributed by atoms with van der Waals surface area (Å²) >= 11 is 0. The van der Waals surface area contributed by atoms with Crippen molar-refractivity contribution in [2.45, 2.75) is 40.5 Å². The fourth-order valence-corrected chi connectivity index (χ4v) is 3.20. The molecule has 1 aliphatic rings. The maximum Gasteiger partial charge on any atom is 0.239 e.